The Morgan fingerprint density at radius 3 is 3.00 bits per heavy atom. The Balaban J connectivity index is 2.24. The van der Waals surface area contributed by atoms with E-state index >= 15 is 0 Å². The van der Waals surface area contributed by atoms with E-state index in [1.165, 1.54) is 11.8 Å². The number of amides is 2. The molecule has 0 bridgehead atoms. The minimum atomic E-state index is -0.126. The molecule has 2 heterocycles. The molecule has 13 heavy (non-hydrogen) atoms. The Kier molecular flexibility index (Phi) is 2.03. The van der Waals surface area contributed by atoms with Crippen molar-refractivity contribution in [3.8, 4) is 0 Å². The van der Waals surface area contributed by atoms with E-state index in [2.05, 4.69) is 0 Å². The summed E-state index contributed by atoms with van der Waals surface area (Å²) in [5.41, 5.74) is -0.126. The second-order valence-corrected chi connectivity index (χ2v) is 3.87. The average molecular weight is 198 g/mol. The van der Waals surface area contributed by atoms with Gasteiger partial charge in [-0.25, -0.2) is 0 Å². The summed E-state index contributed by atoms with van der Waals surface area (Å²) in [6.45, 7) is 2.58. The van der Waals surface area contributed by atoms with Crippen LogP contribution in [-0.4, -0.2) is 33.7 Å². The van der Waals surface area contributed by atoms with Gasteiger partial charge in [0.15, 0.2) is 5.50 Å². The Bertz CT molecular complexity index is 290. The molecule has 0 aromatic rings. The lowest BCUT2D eigenvalue weighted by molar-refractivity contribution is -0.149. The molecule has 4 nitrogen and oxygen atoms in total. The molecule has 70 valence electrons. The molecule has 0 aliphatic carbocycles. The summed E-state index contributed by atoms with van der Waals surface area (Å²) in [6.07, 6.45) is 1.75. The molecule has 1 saturated heterocycles. The summed E-state index contributed by atoms with van der Waals surface area (Å²) in [5.74, 6) is -0.161. The first-order valence-electron chi connectivity index (χ1n) is 4.17. The van der Waals surface area contributed by atoms with Gasteiger partial charge in [0, 0.05) is 12.7 Å². The van der Waals surface area contributed by atoms with Gasteiger partial charge in [0.05, 0.1) is 0 Å². The van der Waals surface area contributed by atoms with Gasteiger partial charge in [-0.2, -0.15) is 0 Å². The van der Waals surface area contributed by atoms with Crippen LogP contribution >= 0.6 is 11.8 Å². The van der Waals surface area contributed by atoms with Gasteiger partial charge in [-0.1, -0.05) is 11.8 Å². The van der Waals surface area contributed by atoms with E-state index in [9.17, 15) is 9.59 Å². The molecule has 0 radical (unpaired) electrons. The van der Waals surface area contributed by atoms with E-state index in [0.29, 0.717) is 6.54 Å². The van der Waals surface area contributed by atoms with Gasteiger partial charge in [0.1, 0.15) is 6.42 Å². The van der Waals surface area contributed by atoms with E-state index in [1.807, 2.05) is 12.3 Å². The molecule has 2 aliphatic heterocycles. The van der Waals surface area contributed by atoms with Crippen molar-refractivity contribution in [1.29, 1.82) is 0 Å². The molecule has 5 heteroatoms. The standard InChI is InChI=1S/C8H10N2O2S/c1-2-9-6(11)5-7(12)10-3-4-13-8(9)10/h3-4,8H,2,5H2,1H3. The van der Waals surface area contributed by atoms with Gasteiger partial charge in [-0.15, -0.1) is 0 Å². The molecule has 2 rings (SSSR count). The Labute approximate surface area is 80.6 Å². The van der Waals surface area contributed by atoms with Crippen molar-refractivity contribution in [2.75, 3.05) is 6.54 Å². The van der Waals surface area contributed by atoms with Crippen LogP contribution in [-0.2, 0) is 9.59 Å². The van der Waals surface area contributed by atoms with E-state index in [4.69, 9.17) is 0 Å². The third-order valence-electron chi connectivity index (χ3n) is 2.18. The Morgan fingerprint density at radius 1 is 1.54 bits per heavy atom. The highest BCUT2D eigenvalue weighted by molar-refractivity contribution is 8.02. The molecule has 2 aliphatic rings. The van der Waals surface area contributed by atoms with Crippen LogP contribution in [0.1, 0.15) is 13.3 Å². The highest BCUT2D eigenvalue weighted by Crippen LogP contribution is 2.31. The maximum absolute atomic E-state index is 11.4. The molecular formula is C8H10N2O2S. The van der Waals surface area contributed by atoms with Crippen molar-refractivity contribution in [1.82, 2.24) is 9.80 Å². The van der Waals surface area contributed by atoms with Crippen molar-refractivity contribution in [2.45, 2.75) is 18.8 Å². The fourth-order valence-corrected chi connectivity index (χ4v) is 2.59. The van der Waals surface area contributed by atoms with Crippen LogP contribution in [0.3, 0.4) is 0 Å². The number of thioether (sulfide) groups is 1. The molecule has 1 fully saturated rings. The summed E-state index contributed by atoms with van der Waals surface area (Å²) >= 11 is 1.50. The number of hydrogen-bond donors (Lipinski definition) is 0. The topological polar surface area (TPSA) is 40.6 Å². The number of nitrogens with zero attached hydrogens (tertiary/aromatic N) is 2. The summed E-state index contributed by atoms with van der Waals surface area (Å²) in [6, 6.07) is 0. The molecule has 0 saturated carbocycles. The normalized spacial score (nSPS) is 27.0. The van der Waals surface area contributed by atoms with Gasteiger partial charge >= 0.3 is 0 Å². The number of carbonyl (C=O) groups excluding carboxylic acids is 2. The van der Waals surface area contributed by atoms with Gasteiger partial charge < -0.3 is 4.90 Å². The lowest BCUT2D eigenvalue weighted by Crippen LogP contribution is -2.53. The van der Waals surface area contributed by atoms with Gasteiger partial charge in [0.2, 0.25) is 11.8 Å². The molecule has 0 spiro atoms. The monoisotopic (exact) mass is 198 g/mol. The van der Waals surface area contributed by atoms with Gasteiger partial charge in [-0.3, -0.25) is 14.5 Å². The number of carbonyl (C=O) groups is 2. The molecule has 0 aromatic carbocycles. The van der Waals surface area contributed by atoms with E-state index in [0.717, 1.165) is 0 Å². The summed E-state index contributed by atoms with van der Waals surface area (Å²) in [4.78, 5) is 26.1. The SMILES string of the molecule is CCN1C(=O)CC(=O)N2C=CSC21. The summed E-state index contributed by atoms with van der Waals surface area (Å²) in [5, 5.41) is 1.85. The van der Waals surface area contributed by atoms with Crippen LogP contribution in [0.2, 0.25) is 0 Å². The molecule has 0 N–H and O–H groups in total. The minimum absolute atomic E-state index is 0.00917. The Hall–Kier alpha value is -0.970. The summed E-state index contributed by atoms with van der Waals surface area (Å²) in [7, 11) is 0. The zero-order chi connectivity index (χ0) is 9.42. The van der Waals surface area contributed by atoms with Gasteiger partial charge in [-0.05, 0) is 12.3 Å². The van der Waals surface area contributed by atoms with Gasteiger partial charge in [0.25, 0.3) is 0 Å². The first-order chi connectivity index (χ1) is 6.24. The van der Waals surface area contributed by atoms with Crippen LogP contribution in [0.4, 0.5) is 0 Å². The second-order valence-electron chi connectivity index (χ2n) is 2.91. The smallest absolute Gasteiger partial charge is 0.238 e. The predicted molar refractivity (Wildman–Crippen MR) is 49.4 cm³/mol. The minimum Gasteiger partial charge on any atom is -0.312 e. The fourth-order valence-electron chi connectivity index (χ4n) is 1.52. The van der Waals surface area contributed by atoms with Crippen LogP contribution in [0.25, 0.3) is 0 Å². The van der Waals surface area contributed by atoms with Crippen molar-refractivity contribution >= 4 is 23.6 Å². The summed E-state index contributed by atoms with van der Waals surface area (Å²) < 4.78 is 0. The number of fused-ring (bicyclic) bond motifs is 1. The maximum Gasteiger partial charge on any atom is 0.238 e. The van der Waals surface area contributed by atoms with Crippen LogP contribution in [0.5, 0.6) is 0 Å². The van der Waals surface area contributed by atoms with Crippen LogP contribution < -0.4 is 0 Å². The highest BCUT2D eigenvalue weighted by Gasteiger charge is 2.38. The van der Waals surface area contributed by atoms with Crippen molar-refractivity contribution in [2.24, 2.45) is 0 Å². The average Bonchev–Trinajstić information content (AvgIpc) is 2.53. The zero-order valence-electron chi connectivity index (χ0n) is 7.27. The zero-order valence-corrected chi connectivity index (χ0v) is 8.08. The quantitative estimate of drug-likeness (QED) is 0.578. The highest BCUT2D eigenvalue weighted by atomic mass is 32.2. The first-order valence-corrected chi connectivity index (χ1v) is 5.11. The van der Waals surface area contributed by atoms with Crippen LogP contribution in [0.15, 0.2) is 11.6 Å². The lowest BCUT2D eigenvalue weighted by Gasteiger charge is -2.37. The molecule has 1 unspecified atom stereocenters. The van der Waals surface area contributed by atoms with Crippen LogP contribution in [0, 0.1) is 0 Å². The van der Waals surface area contributed by atoms with Crippen molar-refractivity contribution in [3.05, 3.63) is 11.6 Å². The number of hydrogen-bond acceptors (Lipinski definition) is 3. The molecule has 2 amide bonds. The third kappa shape index (κ3) is 1.23. The fraction of sp³-hybridized carbons (Fsp3) is 0.500. The predicted octanol–water partition coefficient (Wildman–Crippen LogP) is 0.569. The van der Waals surface area contributed by atoms with E-state index in [1.54, 1.807) is 16.0 Å². The maximum atomic E-state index is 11.4. The first kappa shape index (κ1) is 8.62. The van der Waals surface area contributed by atoms with E-state index < -0.39 is 0 Å². The number of rotatable bonds is 1. The molecular weight excluding hydrogens is 188 g/mol. The Morgan fingerprint density at radius 2 is 2.31 bits per heavy atom. The van der Waals surface area contributed by atoms with Crippen molar-refractivity contribution in [3.63, 3.8) is 0 Å². The molecule has 1 atom stereocenters. The van der Waals surface area contributed by atoms with E-state index in [-0.39, 0.29) is 23.7 Å². The van der Waals surface area contributed by atoms with Crippen molar-refractivity contribution < 1.29 is 9.59 Å². The largest absolute Gasteiger partial charge is 0.312 e. The lowest BCUT2D eigenvalue weighted by atomic mass is 10.2. The third-order valence-corrected chi connectivity index (χ3v) is 3.18. The molecule has 0 aromatic heterocycles. The second kappa shape index (κ2) is 3.06.